The van der Waals surface area contributed by atoms with E-state index in [4.69, 9.17) is 5.84 Å². The molecule has 8 heteroatoms. The van der Waals surface area contributed by atoms with Crippen LogP contribution in [-0.2, 0) is 16.6 Å². The summed E-state index contributed by atoms with van der Waals surface area (Å²) < 4.78 is 27.3. The number of nitrogens with one attached hydrogen (secondary N) is 1. The largest absolute Gasteiger partial charge is 0.321 e. The van der Waals surface area contributed by atoms with Gasteiger partial charge in [0, 0.05) is 18.8 Å². The van der Waals surface area contributed by atoms with Crippen molar-refractivity contribution in [3.05, 3.63) is 40.7 Å². The number of hydrogen-bond donors (Lipinski definition) is 2. The molecule has 0 saturated heterocycles. The zero-order valence-corrected chi connectivity index (χ0v) is 12.9. The molecule has 0 aliphatic heterocycles. The third-order valence-electron chi connectivity index (χ3n) is 3.35. The number of rotatable bonds is 6. The van der Waals surface area contributed by atoms with Gasteiger partial charge in [-0.25, -0.2) is 13.4 Å². The Morgan fingerprint density at radius 1 is 1.43 bits per heavy atom. The van der Waals surface area contributed by atoms with Gasteiger partial charge < -0.3 is 5.43 Å². The van der Waals surface area contributed by atoms with Crippen molar-refractivity contribution in [2.24, 2.45) is 5.84 Å². The smallest absolute Gasteiger partial charge is 0.263 e. The molecular formula is C13H16N4O2S2. The summed E-state index contributed by atoms with van der Waals surface area (Å²) in [6, 6.07) is 5.25. The molecule has 21 heavy (non-hydrogen) atoms. The van der Waals surface area contributed by atoms with Crippen LogP contribution in [-0.4, -0.2) is 23.7 Å². The topological polar surface area (TPSA) is 88.3 Å². The number of nitrogen functional groups attached to an aromatic ring is 1. The summed E-state index contributed by atoms with van der Waals surface area (Å²) in [5.41, 5.74) is 3.72. The summed E-state index contributed by atoms with van der Waals surface area (Å²) in [4.78, 5) is 4.01. The molecule has 0 bridgehead atoms. The molecule has 2 aromatic heterocycles. The van der Waals surface area contributed by atoms with Crippen LogP contribution >= 0.6 is 11.3 Å². The molecule has 2 heterocycles. The Hall–Kier alpha value is -1.48. The third kappa shape index (κ3) is 2.93. The molecule has 112 valence electrons. The first-order valence-electron chi connectivity index (χ1n) is 6.57. The lowest BCUT2D eigenvalue weighted by atomic mass is 10.3. The van der Waals surface area contributed by atoms with Crippen molar-refractivity contribution in [3.8, 4) is 0 Å². The van der Waals surface area contributed by atoms with Crippen molar-refractivity contribution >= 4 is 27.0 Å². The Bertz CT molecular complexity index is 712. The predicted molar refractivity (Wildman–Crippen MR) is 82.1 cm³/mol. The minimum atomic E-state index is -3.67. The lowest BCUT2D eigenvalue weighted by Crippen LogP contribution is -2.33. The molecule has 1 aliphatic rings. The van der Waals surface area contributed by atoms with E-state index < -0.39 is 10.0 Å². The molecule has 1 saturated carbocycles. The molecule has 6 nitrogen and oxygen atoms in total. The molecule has 2 aromatic rings. The van der Waals surface area contributed by atoms with Crippen LogP contribution < -0.4 is 11.3 Å². The number of pyridine rings is 1. The van der Waals surface area contributed by atoms with Gasteiger partial charge in [0.15, 0.2) is 5.03 Å². The highest BCUT2D eigenvalue weighted by Gasteiger charge is 2.39. The standard InChI is InChI=1S/C13H16N4O2S2/c14-16-12-2-1-6-15-13(12)21(18,19)17(11-3-4-11)8-10-5-7-20-9-10/h1-2,5-7,9,11,16H,3-4,8,14H2. The number of nitrogens with zero attached hydrogens (tertiary/aromatic N) is 2. The minimum absolute atomic E-state index is 0.0189. The molecule has 0 amide bonds. The van der Waals surface area contributed by atoms with Gasteiger partial charge in [-0.2, -0.15) is 15.6 Å². The number of thiophene rings is 1. The highest BCUT2D eigenvalue weighted by atomic mass is 32.2. The quantitative estimate of drug-likeness (QED) is 0.624. The van der Waals surface area contributed by atoms with Crippen LogP contribution in [0.4, 0.5) is 5.69 Å². The first-order chi connectivity index (χ1) is 10.1. The van der Waals surface area contributed by atoms with Crippen molar-refractivity contribution in [1.82, 2.24) is 9.29 Å². The van der Waals surface area contributed by atoms with E-state index in [0.717, 1.165) is 18.4 Å². The minimum Gasteiger partial charge on any atom is -0.321 e. The Morgan fingerprint density at radius 2 is 2.24 bits per heavy atom. The van der Waals surface area contributed by atoms with Gasteiger partial charge in [-0.1, -0.05) is 0 Å². The SMILES string of the molecule is NNc1cccnc1S(=O)(=O)N(Cc1ccsc1)C1CC1. The van der Waals surface area contributed by atoms with Gasteiger partial charge >= 0.3 is 0 Å². The molecule has 1 fully saturated rings. The summed E-state index contributed by atoms with van der Waals surface area (Å²) in [6.45, 7) is 0.372. The van der Waals surface area contributed by atoms with Crippen molar-refractivity contribution in [1.29, 1.82) is 0 Å². The summed E-state index contributed by atoms with van der Waals surface area (Å²) in [6.07, 6.45) is 3.24. The zero-order chi connectivity index (χ0) is 14.9. The fourth-order valence-corrected chi connectivity index (χ4v) is 4.56. The van der Waals surface area contributed by atoms with Crippen molar-refractivity contribution in [3.63, 3.8) is 0 Å². The molecular weight excluding hydrogens is 308 g/mol. The molecule has 0 spiro atoms. The molecule has 3 N–H and O–H groups in total. The maximum absolute atomic E-state index is 12.9. The summed E-state index contributed by atoms with van der Waals surface area (Å²) in [5, 5.41) is 3.89. The highest BCUT2D eigenvalue weighted by Crippen LogP contribution is 2.34. The molecule has 0 atom stereocenters. The van der Waals surface area contributed by atoms with Gasteiger partial charge in [-0.3, -0.25) is 5.84 Å². The summed E-state index contributed by atoms with van der Waals surface area (Å²) in [7, 11) is -3.67. The summed E-state index contributed by atoms with van der Waals surface area (Å²) >= 11 is 1.56. The Labute approximate surface area is 127 Å². The van der Waals surface area contributed by atoms with Gasteiger partial charge in [0.25, 0.3) is 10.0 Å². The van der Waals surface area contributed by atoms with Crippen LogP contribution in [0.1, 0.15) is 18.4 Å². The van der Waals surface area contributed by atoms with Crippen LogP contribution in [0.5, 0.6) is 0 Å². The number of anilines is 1. The molecule has 0 unspecified atom stereocenters. The summed E-state index contributed by atoms with van der Waals surface area (Å²) in [5.74, 6) is 5.40. The van der Waals surface area contributed by atoms with Crippen molar-refractivity contribution in [2.75, 3.05) is 5.43 Å². The van der Waals surface area contributed by atoms with E-state index >= 15 is 0 Å². The van der Waals surface area contributed by atoms with Gasteiger partial charge in [0.1, 0.15) is 0 Å². The van der Waals surface area contributed by atoms with E-state index in [1.807, 2.05) is 16.8 Å². The average molecular weight is 324 g/mol. The monoisotopic (exact) mass is 324 g/mol. The molecule has 0 aromatic carbocycles. The normalized spacial score (nSPS) is 15.3. The Kier molecular flexibility index (Phi) is 3.94. The van der Waals surface area contributed by atoms with E-state index in [-0.39, 0.29) is 11.1 Å². The average Bonchev–Trinajstić information content (AvgIpc) is 3.20. The number of hydrazine groups is 1. The molecule has 0 radical (unpaired) electrons. The van der Waals surface area contributed by atoms with Gasteiger partial charge in [0.05, 0.1) is 5.69 Å². The van der Waals surface area contributed by atoms with E-state index in [1.54, 1.807) is 23.5 Å². The van der Waals surface area contributed by atoms with Gasteiger partial charge in [-0.15, -0.1) is 0 Å². The number of nitrogens with two attached hydrogens (primary N) is 1. The maximum atomic E-state index is 12.9. The fourth-order valence-electron chi connectivity index (χ4n) is 2.15. The number of hydrogen-bond acceptors (Lipinski definition) is 6. The van der Waals surface area contributed by atoms with E-state index in [1.165, 1.54) is 10.5 Å². The highest BCUT2D eigenvalue weighted by molar-refractivity contribution is 7.89. The lowest BCUT2D eigenvalue weighted by molar-refractivity contribution is 0.397. The van der Waals surface area contributed by atoms with Crippen molar-refractivity contribution in [2.45, 2.75) is 30.5 Å². The van der Waals surface area contributed by atoms with E-state index in [2.05, 4.69) is 10.4 Å². The second-order valence-electron chi connectivity index (χ2n) is 4.91. The predicted octanol–water partition coefficient (Wildman–Crippen LogP) is 1.78. The second-order valence-corrected chi connectivity index (χ2v) is 7.50. The Balaban J connectivity index is 1.97. The van der Waals surface area contributed by atoms with Crippen LogP contribution in [0, 0.1) is 0 Å². The van der Waals surface area contributed by atoms with Crippen LogP contribution in [0.15, 0.2) is 40.2 Å². The van der Waals surface area contributed by atoms with Gasteiger partial charge in [-0.05, 0) is 47.4 Å². The van der Waals surface area contributed by atoms with Crippen LogP contribution in [0.25, 0.3) is 0 Å². The first kappa shape index (κ1) is 14.5. The van der Waals surface area contributed by atoms with E-state index in [0.29, 0.717) is 12.2 Å². The number of aromatic nitrogens is 1. The lowest BCUT2D eigenvalue weighted by Gasteiger charge is -2.22. The first-order valence-corrected chi connectivity index (χ1v) is 8.96. The number of sulfonamides is 1. The molecule has 3 rings (SSSR count). The van der Waals surface area contributed by atoms with Crippen LogP contribution in [0.3, 0.4) is 0 Å². The second kappa shape index (κ2) is 5.72. The van der Waals surface area contributed by atoms with Crippen molar-refractivity contribution < 1.29 is 8.42 Å². The third-order valence-corrected chi connectivity index (χ3v) is 5.94. The zero-order valence-electron chi connectivity index (χ0n) is 11.3. The fraction of sp³-hybridized carbons (Fsp3) is 0.308. The van der Waals surface area contributed by atoms with Crippen LogP contribution in [0.2, 0.25) is 0 Å². The molecule has 1 aliphatic carbocycles. The van der Waals surface area contributed by atoms with Gasteiger partial charge in [0.2, 0.25) is 0 Å². The Morgan fingerprint density at radius 3 is 2.86 bits per heavy atom. The maximum Gasteiger partial charge on any atom is 0.263 e. The van der Waals surface area contributed by atoms with E-state index in [9.17, 15) is 8.42 Å².